The summed E-state index contributed by atoms with van der Waals surface area (Å²) in [5.74, 6) is 2.12. The second kappa shape index (κ2) is 7.73. The molecule has 1 aliphatic rings. The summed E-state index contributed by atoms with van der Waals surface area (Å²) in [6.07, 6.45) is 2.29. The number of hydrogen-bond acceptors (Lipinski definition) is 5. The molecule has 1 aromatic carbocycles. The first-order chi connectivity index (χ1) is 13.3. The number of methoxy groups -OCH3 is 3. The Kier molecular flexibility index (Phi) is 5.54. The van der Waals surface area contributed by atoms with E-state index in [1.54, 1.807) is 27.4 Å². The van der Waals surface area contributed by atoms with E-state index in [0.29, 0.717) is 35.4 Å². The van der Waals surface area contributed by atoms with E-state index in [2.05, 4.69) is 5.32 Å². The minimum atomic E-state index is -0.277. The van der Waals surface area contributed by atoms with Crippen LogP contribution in [0.3, 0.4) is 0 Å². The van der Waals surface area contributed by atoms with Crippen LogP contribution in [0.2, 0.25) is 0 Å². The SMILES string of the molecule is COc1cc(OC)c(OC)cc1CNC(=O)c1cc(C2CC2)nn1C(C)(C)C. The van der Waals surface area contributed by atoms with E-state index in [4.69, 9.17) is 19.3 Å². The zero-order valence-electron chi connectivity index (χ0n) is 17.5. The van der Waals surface area contributed by atoms with E-state index in [1.807, 2.05) is 37.6 Å². The summed E-state index contributed by atoms with van der Waals surface area (Å²) in [7, 11) is 4.74. The number of carbonyl (C=O) groups excluding carboxylic acids is 1. The average Bonchev–Trinajstić information content (AvgIpc) is 3.42. The van der Waals surface area contributed by atoms with Gasteiger partial charge in [0.2, 0.25) is 0 Å². The van der Waals surface area contributed by atoms with Crippen LogP contribution in [-0.2, 0) is 12.1 Å². The molecule has 28 heavy (non-hydrogen) atoms. The summed E-state index contributed by atoms with van der Waals surface area (Å²) in [5.41, 5.74) is 2.11. The number of amides is 1. The summed E-state index contributed by atoms with van der Waals surface area (Å²) in [6, 6.07) is 5.49. The largest absolute Gasteiger partial charge is 0.496 e. The number of aromatic nitrogens is 2. The number of rotatable bonds is 7. The van der Waals surface area contributed by atoms with Crippen LogP contribution in [0.15, 0.2) is 18.2 Å². The third-order valence-electron chi connectivity index (χ3n) is 4.82. The molecule has 1 fully saturated rings. The van der Waals surface area contributed by atoms with Crippen molar-refractivity contribution in [3.8, 4) is 17.2 Å². The lowest BCUT2D eigenvalue weighted by atomic mass is 10.1. The minimum absolute atomic E-state index is 0.161. The Labute approximate surface area is 166 Å². The highest BCUT2D eigenvalue weighted by molar-refractivity contribution is 5.92. The number of nitrogens with zero attached hydrogens (tertiary/aromatic N) is 2. The Morgan fingerprint density at radius 2 is 1.68 bits per heavy atom. The first kappa shape index (κ1) is 20.0. The smallest absolute Gasteiger partial charge is 0.269 e. The van der Waals surface area contributed by atoms with E-state index < -0.39 is 0 Å². The summed E-state index contributed by atoms with van der Waals surface area (Å²) in [5, 5.41) is 7.69. The monoisotopic (exact) mass is 387 g/mol. The molecule has 1 heterocycles. The van der Waals surface area contributed by atoms with Gasteiger partial charge in [-0.3, -0.25) is 9.48 Å². The van der Waals surface area contributed by atoms with Gasteiger partial charge in [-0.25, -0.2) is 0 Å². The Morgan fingerprint density at radius 1 is 1.07 bits per heavy atom. The summed E-state index contributed by atoms with van der Waals surface area (Å²) < 4.78 is 17.9. The molecular formula is C21H29N3O4. The van der Waals surface area contributed by atoms with Crippen molar-refractivity contribution in [2.45, 2.75) is 51.6 Å². The number of ether oxygens (including phenoxy) is 3. The van der Waals surface area contributed by atoms with Crippen LogP contribution in [0.1, 0.15) is 61.3 Å². The molecule has 0 radical (unpaired) electrons. The average molecular weight is 387 g/mol. The highest BCUT2D eigenvalue weighted by atomic mass is 16.5. The molecule has 0 atom stereocenters. The van der Waals surface area contributed by atoms with Crippen LogP contribution in [-0.4, -0.2) is 37.0 Å². The van der Waals surface area contributed by atoms with Crippen LogP contribution in [0.4, 0.5) is 0 Å². The maximum atomic E-state index is 13.0. The molecule has 7 heteroatoms. The summed E-state index contributed by atoms with van der Waals surface area (Å²) >= 11 is 0. The Morgan fingerprint density at radius 3 is 2.21 bits per heavy atom. The standard InChI is InChI=1S/C21H29N3O4/c1-21(2,3)24-16(10-15(23-24)13-7-8-13)20(25)22-12-14-9-18(27-5)19(28-6)11-17(14)26-4/h9-11,13H,7-8,12H2,1-6H3,(H,22,25). The second-order valence-electron chi connectivity index (χ2n) is 8.01. The summed E-state index contributed by atoms with van der Waals surface area (Å²) in [4.78, 5) is 13.0. The molecule has 0 saturated heterocycles. The van der Waals surface area contributed by atoms with Crippen molar-refractivity contribution < 1.29 is 19.0 Å². The van der Waals surface area contributed by atoms with Gasteiger partial charge in [0.25, 0.3) is 5.91 Å². The highest BCUT2D eigenvalue weighted by Crippen LogP contribution is 2.40. The lowest BCUT2D eigenvalue weighted by Gasteiger charge is -2.22. The van der Waals surface area contributed by atoms with Gasteiger partial charge in [0, 0.05) is 24.1 Å². The molecule has 1 saturated carbocycles. The molecule has 3 rings (SSSR count). The van der Waals surface area contributed by atoms with E-state index in [0.717, 1.165) is 24.1 Å². The van der Waals surface area contributed by atoms with Gasteiger partial charge in [-0.2, -0.15) is 5.10 Å². The van der Waals surface area contributed by atoms with Gasteiger partial charge < -0.3 is 19.5 Å². The third-order valence-corrected chi connectivity index (χ3v) is 4.82. The predicted molar refractivity (Wildman–Crippen MR) is 106 cm³/mol. The number of benzene rings is 1. The van der Waals surface area contributed by atoms with Crippen molar-refractivity contribution in [2.24, 2.45) is 0 Å². The van der Waals surface area contributed by atoms with Crippen molar-refractivity contribution in [3.63, 3.8) is 0 Å². The molecule has 7 nitrogen and oxygen atoms in total. The van der Waals surface area contributed by atoms with Gasteiger partial charge in [0.05, 0.1) is 32.6 Å². The van der Waals surface area contributed by atoms with Crippen LogP contribution < -0.4 is 19.5 Å². The van der Waals surface area contributed by atoms with Crippen LogP contribution in [0.25, 0.3) is 0 Å². The van der Waals surface area contributed by atoms with Crippen molar-refractivity contribution in [1.82, 2.24) is 15.1 Å². The predicted octanol–water partition coefficient (Wildman–Crippen LogP) is 3.47. The zero-order chi connectivity index (χ0) is 20.5. The zero-order valence-corrected chi connectivity index (χ0v) is 17.5. The molecule has 1 N–H and O–H groups in total. The molecular weight excluding hydrogens is 358 g/mol. The minimum Gasteiger partial charge on any atom is -0.496 e. The quantitative estimate of drug-likeness (QED) is 0.787. The molecule has 0 aliphatic heterocycles. The van der Waals surface area contributed by atoms with Gasteiger partial charge in [0.1, 0.15) is 11.4 Å². The first-order valence-corrected chi connectivity index (χ1v) is 9.46. The van der Waals surface area contributed by atoms with E-state index in [1.165, 1.54) is 0 Å². The topological polar surface area (TPSA) is 74.6 Å². The fourth-order valence-electron chi connectivity index (χ4n) is 3.15. The number of carbonyl (C=O) groups is 1. The number of nitrogens with one attached hydrogen (secondary N) is 1. The van der Waals surface area contributed by atoms with Gasteiger partial charge in [-0.15, -0.1) is 0 Å². The van der Waals surface area contributed by atoms with Gasteiger partial charge in [-0.1, -0.05) is 0 Å². The van der Waals surface area contributed by atoms with E-state index in [-0.39, 0.29) is 11.4 Å². The van der Waals surface area contributed by atoms with Crippen LogP contribution in [0.5, 0.6) is 17.2 Å². The third kappa shape index (κ3) is 4.08. The maximum Gasteiger partial charge on any atom is 0.269 e. The van der Waals surface area contributed by atoms with Crippen molar-refractivity contribution in [1.29, 1.82) is 0 Å². The Hall–Kier alpha value is -2.70. The molecule has 1 aromatic heterocycles. The molecule has 152 valence electrons. The van der Waals surface area contributed by atoms with Crippen LogP contribution >= 0.6 is 0 Å². The Bertz CT molecular complexity index is 863. The first-order valence-electron chi connectivity index (χ1n) is 9.46. The molecule has 1 amide bonds. The molecule has 0 bridgehead atoms. The highest BCUT2D eigenvalue weighted by Gasteiger charge is 2.31. The maximum absolute atomic E-state index is 13.0. The normalized spacial score (nSPS) is 13.9. The fraction of sp³-hybridized carbons (Fsp3) is 0.524. The van der Waals surface area contributed by atoms with Crippen molar-refractivity contribution in [2.75, 3.05) is 21.3 Å². The molecule has 0 unspecified atom stereocenters. The van der Waals surface area contributed by atoms with Gasteiger partial charge >= 0.3 is 0 Å². The Balaban J connectivity index is 1.83. The number of hydrogen-bond donors (Lipinski definition) is 1. The van der Waals surface area contributed by atoms with Crippen molar-refractivity contribution >= 4 is 5.91 Å². The molecule has 0 spiro atoms. The molecule has 2 aromatic rings. The van der Waals surface area contributed by atoms with Crippen molar-refractivity contribution in [3.05, 3.63) is 35.2 Å². The molecule has 1 aliphatic carbocycles. The summed E-state index contributed by atoms with van der Waals surface area (Å²) in [6.45, 7) is 6.44. The fourth-order valence-corrected chi connectivity index (χ4v) is 3.15. The van der Waals surface area contributed by atoms with E-state index >= 15 is 0 Å². The van der Waals surface area contributed by atoms with Gasteiger partial charge in [0.15, 0.2) is 11.5 Å². The van der Waals surface area contributed by atoms with Gasteiger partial charge in [-0.05, 0) is 45.7 Å². The lowest BCUT2D eigenvalue weighted by molar-refractivity contribution is 0.0932. The van der Waals surface area contributed by atoms with Crippen LogP contribution in [0, 0.1) is 0 Å². The second-order valence-corrected chi connectivity index (χ2v) is 8.01. The lowest BCUT2D eigenvalue weighted by Crippen LogP contribution is -2.32. The van der Waals surface area contributed by atoms with E-state index in [9.17, 15) is 4.79 Å².